The van der Waals surface area contributed by atoms with Gasteiger partial charge in [-0.25, -0.2) is 4.99 Å². The van der Waals surface area contributed by atoms with E-state index in [4.69, 9.17) is 21.7 Å². The highest BCUT2D eigenvalue weighted by Crippen LogP contribution is 2.36. The molecule has 0 aliphatic carbocycles. The Kier molecular flexibility index (Phi) is 4.34. The number of aliphatic imine (C=N–C) groups is 1. The molecule has 2 aromatic carbocycles. The average molecular weight is 362 g/mol. The predicted octanol–water partition coefficient (Wildman–Crippen LogP) is 4.41. The van der Waals surface area contributed by atoms with E-state index in [1.807, 2.05) is 42.5 Å². The van der Waals surface area contributed by atoms with Gasteiger partial charge in [-0.2, -0.15) is 0 Å². The highest BCUT2D eigenvalue weighted by molar-refractivity contribution is 9.10. The Hall–Kier alpha value is -1.68. The SMILES string of the molecule is S=C=NC(c1cccc(Br)c1)c1ccc2c(c1)OCCO2. The smallest absolute Gasteiger partial charge is 0.161 e. The molecule has 1 aliphatic heterocycles. The van der Waals surface area contributed by atoms with Gasteiger partial charge in [0.1, 0.15) is 19.3 Å². The van der Waals surface area contributed by atoms with Crippen LogP contribution in [-0.2, 0) is 0 Å². The van der Waals surface area contributed by atoms with Crippen LogP contribution in [0.1, 0.15) is 17.2 Å². The zero-order valence-corrected chi connectivity index (χ0v) is 13.5. The molecule has 0 amide bonds. The van der Waals surface area contributed by atoms with Gasteiger partial charge in [0.05, 0.1) is 5.16 Å². The normalized spacial score (nSPS) is 14.1. The molecule has 0 saturated carbocycles. The molecule has 1 unspecified atom stereocenters. The molecule has 0 fully saturated rings. The molecule has 3 rings (SSSR count). The molecule has 0 N–H and O–H groups in total. The standard InChI is InChI=1S/C16H12BrNO2S/c17-13-3-1-2-11(8-13)16(18-10-21)12-4-5-14-15(9-12)20-7-6-19-14/h1-5,8-9,16H,6-7H2. The Morgan fingerprint density at radius 3 is 2.57 bits per heavy atom. The molecule has 2 aromatic rings. The third-order valence-corrected chi connectivity index (χ3v) is 3.83. The van der Waals surface area contributed by atoms with Crippen LogP contribution in [0, 0.1) is 0 Å². The Bertz CT molecular complexity index is 713. The zero-order chi connectivity index (χ0) is 14.7. The van der Waals surface area contributed by atoms with Gasteiger partial charge in [0.15, 0.2) is 11.5 Å². The minimum atomic E-state index is -0.198. The first-order valence-electron chi connectivity index (χ1n) is 6.50. The van der Waals surface area contributed by atoms with Crippen molar-refractivity contribution in [2.24, 2.45) is 4.99 Å². The molecule has 1 atom stereocenters. The Morgan fingerprint density at radius 1 is 1.05 bits per heavy atom. The van der Waals surface area contributed by atoms with E-state index in [1.165, 1.54) is 0 Å². The van der Waals surface area contributed by atoms with Gasteiger partial charge in [-0.1, -0.05) is 34.1 Å². The van der Waals surface area contributed by atoms with Crippen LogP contribution in [0.5, 0.6) is 11.5 Å². The largest absolute Gasteiger partial charge is 0.486 e. The maximum atomic E-state index is 5.63. The third-order valence-electron chi connectivity index (χ3n) is 3.23. The summed E-state index contributed by atoms with van der Waals surface area (Å²) in [6, 6.07) is 13.6. The summed E-state index contributed by atoms with van der Waals surface area (Å²) in [7, 11) is 0. The monoisotopic (exact) mass is 361 g/mol. The second-order valence-electron chi connectivity index (χ2n) is 4.58. The van der Waals surface area contributed by atoms with Crippen molar-refractivity contribution in [2.75, 3.05) is 13.2 Å². The van der Waals surface area contributed by atoms with Crippen LogP contribution in [0.25, 0.3) is 0 Å². The molecule has 3 nitrogen and oxygen atoms in total. The second kappa shape index (κ2) is 6.39. The zero-order valence-electron chi connectivity index (χ0n) is 11.1. The molecule has 0 spiro atoms. The van der Waals surface area contributed by atoms with Crippen LogP contribution in [0.4, 0.5) is 0 Å². The van der Waals surface area contributed by atoms with Crippen molar-refractivity contribution in [3.8, 4) is 11.5 Å². The van der Waals surface area contributed by atoms with E-state index in [9.17, 15) is 0 Å². The highest BCUT2D eigenvalue weighted by Gasteiger charge is 2.18. The molecule has 0 aromatic heterocycles. The van der Waals surface area contributed by atoms with Gasteiger partial charge in [0.25, 0.3) is 0 Å². The number of hydrogen-bond acceptors (Lipinski definition) is 4. The van der Waals surface area contributed by atoms with E-state index < -0.39 is 0 Å². The fraction of sp³-hybridized carbons (Fsp3) is 0.188. The number of thiocarbonyl (C=S) groups is 1. The maximum absolute atomic E-state index is 5.63. The van der Waals surface area contributed by atoms with Gasteiger partial charge >= 0.3 is 0 Å². The van der Waals surface area contributed by atoms with Gasteiger partial charge in [-0.3, -0.25) is 0 Å². The summed E-state index contributed by atoms with van der Waals surface area (Å²) >= 11 is 8.28. The highest BCUT2D eigenvalue weighted by atomic mass is 79.9. The molecule has 0 saturated heterocycles. The molecule has 21 heavy (non-hydrogen) atoms. The van der Waals surface area contributed by atoms with Gasteiger partial charge < -0.3 is 9.47 Å². The molecule has 0 bridgehead atoms. The van der Waals surface area contributed by atoms with E-state index in [1.54, 1.807) is 0 Å². The van der Waals surface area contributed by atoms with Crippen LogP contribution in [-0.4, -0.2) is 18.4 Å². The summed E-state index contributed by atoms with van der Waals surface area (Å²) in [6.45, 7) is 1.15. The lowest BCUT2D eigenvalue weighted by molar-refractivity contribution is 0.171. The molecule has 5 heteroatoms. The van der Waals surface area contributed by atoms with E-state index in [0.717, 1.165) is 27.1 Å². The van der Waals surface area contributed by atoms with Crippen LogP contribution < -0.4 is 9.47 Å². The Morgan fingerprint density at radius 2 is 1.81 bits per heavy atom. The van der Waals surface area contributed by atoms with Crippen molar-refractivity contribution >= 4 is 33.3 Å². The van der Waals surface area contributed by atoms with E-state index in [0.29, 0.717) is 13.2 Å². The lowest BCUT2D eigenvalue weighted by atomic mass is 9.99. The minimum Gasteiger partial charge on any atom is -0.486 e. The van der Waals surface area contributed by atoms with Crippen molar-refractivity contribution in [3.05, 3.63) is 58.1 Å². The fourth-order valence-electron chi connectivity index (χ4n) is 2.30. The van der Waals surface area contributed by atoms with Crippen molar-refractivity contribution in [2.45, 2.75) is 6.04 Å². The van der Waals surface area contributed by atoms with Crippen LogP contribution in [0.2, 0.25) is 0 Å². The number of nitrogens with zero attached hydrogens (tertiary/aromatic N) is 1. The Labute approximate surface area is 136 Å². The van der Waals surface area contributed by atoms with Crippen molar-refractivity contribution in [1.29, 1.82) is 0 Å². The van der Waals surface area contributed by atoms with Crippen molar-refractivity contribution in [1.82, 2.24) is 0 Å². The van der Waals surface area contributed by atoms with E-state index in [-0.39, 0.29) is 6.04 Å². The molecular formula is C16H12BrNO2S. The van der Waals surface area contributed by atoms with Gasteiger partial charge in [-0.05, 0) is 47.6 Å². The minimum absolute atomic E-state index is 0.198. The van der Waals surface area contributed by atoms with Gasteiger partial charge in [-0.15, -0.1) is 0 Å². The fourth-order valence-corrected chi connectivity index (χ4v) is 2.82. The van der Waals surface area contributed by atoms with E-state index >= 15 is 0 Å². The van der Waals surface area contributed by atoms with Crippen LogP contribution in [0.15, 0.2) is 51.9 Å². The number of halogens is 1. The van der Waals surface area contributed by atoms with Gasteiger partial charge in [0, 0.05) is 4.47 Å². The van der Waals surface area contributed by atoms with Crippen LogP contribution in [0.3, 0.4) is 0 Å². The number of rotatable bonds is 3. The number of isothiocyanates is 1. The molecular weight excluding hydrogens is 350 g/mol. The molecule has 106 valence electrons. The maximum Gasteiger partial charge on any atom is 0.161 e. The summed E-state index contributed by atoms with van der Waals surface area (Å²) in [4.78, 5) is 4.30. The second-order valence-corrected chi connectivity index (χ2v) is 5.68. The summed E-state index contributed by atoms with van der Waals surface area (Å²) < 4.78 is 12.2. The van der Waals surface area contributed by atoms with E-state index in [2.05, 4.69) is 26.1 Å². The average Bonchev–Trinajstić information content (AvgIpc) is 2.52. The molecule has 1 heterocycles. The number of fused-ring (bicyclic) bond motifs is 1. The quantitative estimate of drug-likeness (QED) is 0.599. The first-order chi connectivity index (χ1) is 10.3. The first kappa shape index (κ1) is 14.3. The van der Waals surface area contributed by atoms with Crippen LogP contribution >= 0.6 is 28.1 Å². The first-order valence-corrected chi connectivity index (χ1v) is 7.70. The number of ether oxygens (including phenoxy) is 2. The van der Waals surface area contributed by atoms with Crippen molar-refractivity contribution < 1.29 is 9.47 Å². The summed E-state index contributed by atoms with van der Waals surface area (Å²) in [6.07, 6.45) is 0. The summed E-state index contributed by atoms with van der Waals surface area (Å²) in [5.41, 5.74) is 2.04. The van der Waals surface area contributed by atoms with Gasteiger partial charge in [0.2, 0.25) is 0 Å². The lowest BCUT2D eigenvalue weighted by Gasteiger charge is -2.20. The van der Waals surface area contributed by atoms with Crippen molar-refractivity contribution in [3.63, 3.8) is 0 Å². The summed E-state index contributed by atoms with van der Waals surface area (Å²) in [5, 5.41) is 2.49. The number of hydrogen-bond donors (Lipinski definition) is 0. The summed E-state index contributed by atoms with van der Waals surface area (Å²) in [5.74, 6) is 1.52. The lowest BCUT2D eigenvalue weighted by Crippen LogP contribution is -2.15. The molecule has 1 aliphatic rings. The molecule has 0 radical (unpaired) electrons. The predicted molar refractivity (Wildman–Crippen MR) is 88.4 cm³/mol. The number of benzene rings is 2. The third kappa shape index (κ3) is 3.16. The topological polar surface area (TPSA) is 30.8 Å². The Balaban J connectivity index is 2.03.